The molecule has 5 nitrogen and oxygen atoms in total. The van der Waals surface area contributed by atoms with Crippen LogP contribution in [0.3, 0.4) is 0 Å². The smallest absolute Gasteiger partial charge is 0.317 e. The van der Waals surface area contributed by atoms with Crippen LogP contribution in [0.1, 0.15) is 31.2 Å². The Morgan fingerprint density at radius 3 is 2.62 bits per heavy atom. The molecule has 0 spiro atoms. The van der Waals surface area contributed by atoms with Gasteiger partial charge in [-0.2, -0.15) is 0 Å². The summed E-state index contributed by atoms with van der Waals surface area (Å²) in [6.45, 7) is 6.54. The number of nitrogens with zero attached hydrogens (tertiary/aromatic N) is 2. The van der Waals surface area contributed by atoms with Gasteiger partial charge in [0, 0.05) is 39.2 Å². The van der Waals surface area contributed by atoms with Gasteiger partial charge in [-0.15, -0.1) is 0 Å². The number of methoxy groups -OCH3 is 1. The molecule has 2 aliphatic heterocycles. The summed E-state index contributed by atoms with van der Waals surface area (Å²) >= 11 is 0. The quantitative estimate of drug-likeness (QED) is 0.849. The fourth-order valence-electron chi connectivity index (χ4n) is 4.16. The number of hydrogen-bond donors (Lipinski definition) is 1. The Bertz CT molecular complexity index is 541. The van der Waals surface area contributed by atoms with Crippen LogP contribution < -0.4 is 5.32 Å². The van der Waals surface area contributed by atoms with Crippen LogP contribution in [0.25, 0.3) is 0 Å². The van der Waals surface area contributed by atoms with E-state index in [1.165, 1.54) is 18.4 Å². The van der Waals surface area contributed by atoms with Gasteiger partial charge in [0.05, 0.1) is 6.61 Å². The number of amides is 2. The number of benzene rings is 1. The fourth-order valence-corrected chi connectivity index (χ4v) is 4.16. The SMILES string of the molecule is COC[C@H]1CCCN(C(=O)NCC2CCN(Cc3ccccc3)CC2)C1. The van der Waals surface area contributed by atoms with Gasteiger partial charge in [0.2, 0.25) is 0 Å². The summed E-state index contributed by atoms with van der Waals surface area (Å²) in [5.74, 6) is 1.09. The molecule has 0 aromatic heterocycles. The van der Waals surface area contributed by atoms with Gasteiger partial charge in [-0.3, -0.25) is 4.90 Å². The molecule has 2 saturated heterocycles. The zero-order valence-electron chi connectivity index (χ0n) is 16.0. The van der Waals surface area contributed by atoms with Crippen LogP contribution in [0.5, 0.6) is 0 Å². The summed E-state index contributed by atoms with van der Waals surface area (Å²) in [6.07, 6.45) is 4.58. The first-order chi connectivity index (χ1) is 12.7. The molecule has 0 saturated carbocycles. The van der Waals surface area contributed by atoms with E-state index in [2.05, 4.69) is 40.5 Å². The van der Waals surface area contributed by atoms with Crippen LogP contribution in [0.2, 0.25) is 0 Å². The van der Waals surface area contributed by atoms with Crippen molar-refractivity contribution in [2.24, 2.45) is 11.8 Å². The van der Waals surface area contributed by atoms with E-state index in [-0.39, 0.29) is 6.03 Å². The third-order valence-corrected chi connectivity index (χ3v) is 5.71. The topological polar surface area (TPSA) is 44.8 Å². The van der Waals surface area contributed by atoms with E-state index in [1.807, 2.05) is 4.90 Å². The van der Waals surface area contributed by atoms with Crippen molar-refractivity contribution < 1.29 is 9.53 Å². The molecule has 1 aromatic rings. The predicted octanol–water partition coefficient (Wildman–Crippen LogP) is 2.97. The van der Waals surface area contributed by atoms with Crippen molar-refractivity contribution >= 4 is 6.03 Å². The number of carbonyl (C=O) groups is 1. The van der Waals surface area contributed by atoms with Gasteiger partial charge in [-0.1, -0.05) is 30.3 Å². The maximum absolute atomic E-state index is 12.5. The highest BCUT2D eigenvalue weighted by molar-refractivity contribution is 5.74. The van der Waals surface area contributed by atoms with E-state index in [0.717, 1.165) is 58.7 Å². The lowest BCUT2D eigenvalue weighted by atomic mass is 9.96. The van der Waals surface area contributed by atoms with Gasteiger partial charge in [0.25, 0.3) is 0 Å². The molecule has 1 atom stereocenters. The van der Waals surface area contributed by atoms with Crippen LogP contribution in [-0.2, 0) is 11.3 Å². The van der Waals surface area contributed by atoms with Crippen molar-refractivity contribution in [3.8, 4) is 0 Å². The Kier molecular flexibility index (Phi) is 7.32. The van der Waals surface area contributed by atoms with Crippen molar-refractivity contribution in [2.75, 3.05) is 46.4 Å². The van der Waals surface area contributed by atoms with Crippen molar-refractivity contribution in [1.82, 2.24) is 15.1 Å². The van der Waals surface area contributed by atoms with Gasteiger partial charge in [0.1, 0.15) is 0 Å². The predicted molar refractivity (Wildman–Crippen MR) is 104 cm³/mol. The molecular weight excluding hydrogens is 326 g/mol. The average Bonchev–Trinajstić information content (AvgIpc) is 2.68. The average molecular weight is 360 g/mol. The first-order valence-corrected chi connectivity index (χ1v) is 10.0. The zero-order chi connectivity index (χ0) is 18.2. The Morgan fingerprint density at radius 1 is 1.12 bits per heavy atom. The standard InChI is InChI=1S/C21H33N3O2/c1-26-17-20-8-5-11-24(16-20)21(25)22-14-18-9-12-23(13-10-18)15-19-6-3-2-4-7-19/h2-4,6-7,18,20H,5,8-17H2,1H3,(H,22,25)/t20-/m0/s1. The summed E-state index contributed by atoms with van der Waals surface area (Å²) < 4.78 is 5.25. The number of carbonyl (C=O) groups excluding carboxylic acids is 1. The molecule has 0 aliphatic carbocycles. The molecule has 2 aliphatic rings. The molecule has 1 aromatic carbocycles. The minimum Gasteiger partial charge on any atom is -0.384 e. The molecule has 0 radical (unpaired) electrons. The maximum Gasteiger partial charge on any atom is 0.317 e. The lowest BCUT2D eigenvalue weighted by molar-refractivity contribution is 0.0994. The molecule has 2 amide bonds. The highest BCUT2D eigenvalue weighted by Crippen LogP contribution is 2.19. The minimum atomic E-state index is 0.109. The fraction of sp³-hybridized carbons (Fsp3) is 0.667. The van der Waals surface area contributed by atoms with E-state index >= 15 is 0 Å². The van der Waals surface area contributed by atoms with Crippen LogP contribution >= 0.6 is 0 Å². The second kappa shape index (κ2) is 9.93. The van der Waals surface area contributed by atoms with Crippen molar-refractivity contribution in [3.05, 3.63) is 35.9 Å². The van der Waals surface area contributed by atoms with E-state index in [1.54, 1.807) is 7.11 Å². The third-order valence-electron chi connectivity index (χ3n) is 5.71. The monoisotopic (exact) mass is 359 g/mol. The number of piperidine rings is 2. The van der Waals surface area contributed by atoms with Gasteiger partial charge in [-0.25, -0.2) is 4.79 Å². The van der Waals surface area contributed by atoms with Gasteiger partial charge in [0.15, 0.2) is 0 Å². The van der Waals surface area contributed by atoms with Crippen LogP contribution in [-0.4, -0.2) is 62.3 Å². The van der Waals surface area contributed by atoms with E-state index in [0.29, 0.717) is 11.8 Å². The second-order valence-electron chi connectivity index (χ2n) is 7.80. The summed E-state index contributed by atoms with van der Waals surface area (Å²) in [4.78, 5) is 17.0. The molecule has 2 fully saturated rings. The van der Waals surface area contributed by atoms with E-state index in [4.69, 9.17) is 4.74 Å². The first kappa shape index (κ1) is 19.2. The van der Waals surface area contributed by atoms with Crippen molar-refractivity contribution in [1.29, 1.82) is 0 Å². The number of hydrogen-bond acceptors (Lipinski definition) is 3. The van der Waals surface area contributed by atoms with Gasteiger partial charge in [-0.05, 0) is 50.3 Å². The van der Waals surface area contributed by atoms with Crippen LogP contribution in [0, 0.1) is 11.8 Å². The summed E-state index contributed by atoms with van der Waals surface area (Å²) in [6, 6.07) is 10.8. The number of rotatable bonds is 6. The molecule has 1 N–H and O–H groups in total. The largest absolute Gasteiger partial charge is 0.384 e. The van der Waals surface area contributed by atoms with Crippen molar-refractivity contribution in [3.63, 3.8) is 0 Å². The Morgan fingerprint density at radius 2 is 1.88 bits per heavy atom. The lowest BCUT2D eigenvalue weighted by Gasteiger charge is -2.34. The van der Waals surface area contributed by atoms with Gasteiger partial charge >= 0.3 is 6.03 Å². The maximum atomic E-state index is 12.5. The van der Waals surface area contributed by atoms with E-state index < -0.39 is 0 Å². The summed E-state index contributed by atoms with van der Waals surface area (Å²) in [5, 5.41) is 3.18. The Labute approximate surface area is 157 Å². The molecular formula is C21H33N3O2. The van der Waals surface area contributed by atoms with E-state index in [9.17, 15) is 4.79 Å². The first-order valence-electron chi connectivity index (χ1n) is 10.0. The third kappa shape index (κ3) is 5.71. The molecule has 0 bridgehead atoms. The normalized spacial score (nSPS) is 22.3. The number of ether oxygens (including phenoxy) is 1. The van der Waals surface area contributed by atoms with Crippen LogP contribution in [0.4, 0.5) is 4.79 Å². The Hall–Kier alpha value is -1.59. The molecule has 26 heavy (non-hydrogen) atoms. The summed E-state index contributed by atoms with van der Waals surface area (Å²) in [5.41, 5.74) is 1.38. The molecule has 144 valence electrons. The molecule has 5 heteroatoms. The second-order valence-corrected chi connectivity index (χ2v) is 7.80. The number of likely N-dealkylation sites (tertiary alicyclic amines) is 2. The zero-order valence-corrected chi connectivity index (χ0v) is 16.0. The summed E-state index contributed by atoms with van der Waals surface area (Å²) in [7, 11) is 1.74. The Balaban J connectivity index is 1.35. The number of urea groups is 1. The van der Waals surface area contributed by atoms with Crippen molar-refractivity contribution in [2.45, 2.75) is 32.2 Å². The highest BCUT2D eigenvalue weighted by atomic mass is 16.5. The highest BCUT2D eigenvalue weighted by Gasteiger charge is 2.25. The molecule has 3 rings (SSSR count). The molecule has 0 unspecified atom stereocenters. The molecule has 2 heterocycles. The minimum absolute atomic E-state index is 0.109. The van der Waals surface area contributed by atoms with Gasteiger partial charge < -0.3 is 15.0 Å². The van der Waals surface area contributed by atoms with Crippen LogP contribution in [0.15, 0.2) is 30.3 Å². The lowest BCUT2D eigenvalue weighted by Crippen LogP contribution is -2.48. The number of nitrogens with one attached hydrogen (secondary N) is 1.